The van der Waals surface area contributed by atoms with Crippen molar-refractivity contribution in [2.24, 2.45) is 0 Å². The third kappa shape index (κ3) is 10.6. The van der Waals surface area contributed by atoms with Gasteiger partial charge in [0, 0.05) is 33.3 Å². The minimum Gasteiger partial charge on any atom is -0.507 e. The molecule has 4 amide bonds. The van der Waals surface area contributed by atoms with Crippen molar-refractivity contribution in [2.45, 2.75) is 19.3 Å². The molecule has 0 saturated carbocycles. The molecule has 0 fully saturated rings. The number of rotatable bonds is 8. The van der Waals surface area contributed by atoms with Gasteiger partial charge in [0.05, 0.1) is 48.1 Å². The number of ether oxygens (including phenoxy) is 3. The monoisotopic (exact) mass is 878 g/mol. The van der Waals surface area contributed by atoms with Crippen molar-refractivity contribution < 1.29 is 55.2 Å². The average Bonchev–Trinajstić information content (AvgIpc) is 3.22. The van der Waals surface area contributed by atoms with E-state index in [1.54, 1.807) is 73.7 Å². The molecule has 0 unspecified atom stereocenters. The summed E-state index contributed by atoms with van der Waals surface area (Å²) in [6, 6.07) is 25.9. The molecule has 0 spiro atoms. The molecule has 0 aliphatic rings. The van der Waals surface area contributed by atoms with E-state index in [4.69, 9.17) is 25.8 Å². The van der Waals surface area contributed by atoms with Crippen LogP contribution in [0.15, 0.2) is 115 Å². The Morgan fingerprint density at radius 3 is 1.48 bits per heavy atom. The maximum Gasteiger partial charge on any atom is 0.416 e. The lowest BCUT2D eigenvalue weighted by Gasteiger charge is -2.16. The smallest absolute Gasteiger partial charge is 0.416 e. The van der Waals surface area contributed by atoms with Gasteiger partial charge in [-0.1, -0.05) is 48.5 Å². The van der Waals surface area contributed by atoms with Crippen LogP contribution in [0, 0.1) is 6.92 Å². The number of carbonyl (C=O) groups is 2. The molecule has 7 rings (SSSR count). The standard InChI is InChI=1S/C24H18ClF3N4O3.C19H15F3N2O3/c1-13-11-21(32-22(25)29-13)35-19-10-8-17(15-5-3-4-6-16(15)19)30-23(33)31-18-12-14(24(26,27)28)7-9-20(18)34-2;1-27-17-9-6-11(19(20,21)22)10-15(17)24-18(26)23-14-7-8-16(25)13-5-3-2-4-12(13)14/h3-12H,1-2H3,(H2,30,31,33);2-10,25H,1H3,(H2,23,24,26). The lowest BCUT2D eigenvalue weighted by Crippen LogP contribution is -2.20. The fraction of sp³-hybridized carbons (Fsp3) is 0.116. The number of nitrogens with zero attached hydrogens (tertiary/aromatic N) is 2. The van der Waals surface area contributed by atoms with Gasteiger partial charge in [0.2, 0.25) is 11.2 Å². The fourth-order valence-corrected chi connectivity index (χ4v) is 6.26. The van der Waals surface area contributed by atoms with Crippen molar-refractivity contribution in [3.8, 4) is 28.9 Å². The Morgan fingerprint density at radius 2 is 1.00 bits per heavy atom. The summed E-state index contributed by atoms with van der Waals surface area (Å²) in [5.41, 5.74) is -0.633. The number of carbonyl (C=O) groups excluding carboxylic acids is 2. The van der Waals surface area contributed by atoms with Crippen molar-refractivity contribution in [2.75, 3.05) is 35.5 Å². The fourth-order valence-electron chi connectivity index (χ4n) is 6.05. The Morgan fingerprint density at radius 1 is 0.565 bits per heavy atom. The quantitative estimate of drug-likeness (QED) is 0.0574. The van der Waals surface area contributed by atoms with Gasteiger partial charge in [-0.25, -0.2) is 14.6 Å². The Kier molecular flexibility index (Phi) is 13.1. The van der Waals surface area contributed by atoms with Gasteiger partial charge in [-0.05, 0) is 79.2 Å². The Hall–Kier alpha value is -7.47. The molecule has 0 saturated heterocycles. The molecule has 1 aromatic heterocycles. The first-order chi connectivity index (χ1) is 29.4. The minimum absolute atomic E-state index is 0.0456. The normalized spacial score (nSPS) is 11.3. The maximum absolute atomic E-state index is 13.1. The molecule has 62 heavy (non-hydrogen) atoms. The number of aromatic hydroxyl groups is 1. The summed E-state index contributed by atoms with van der Waals surface area (Å²) in [6.45, 7) is 1.75. The average molecular weight is 879 g/mol. The first-order valence-corrected chi connectivity index (χ1v) is 18.4. The van der Waals surface area contributed by atoms with Gasteiger partial charge in [0.25, 0.3) is 0 Å². The highest BCUT2D eigenvalue weighted by Crippen LogP contribution is 2.38. The van der Waals surface area contributed by atoms with Crippen LogP contribution in [-0.4, -0.2) is 41.4 Å². The molecular weight excluding hydrogens is 846 g/mol. The van der Waals surface area contributed by atoms with E-state index in [-0.39, 0.29) is 39.8 Å². The number of phenolic OH excluding ortho intramolecular Hbond substituents is 1. The molecule has 0 bridgehead atoms. The van der Waals surface area contributed by atoms with E-state index in [0.29, 0.717) is 44.4 Å². The third-order valence-corrected chi connectivity index (χ3v) is 9.02. The molecule has 12 nitrogen and oxygen atoms in total. The van der Waals surface area contributed by atoms with Gasteiger partial charge in [0.1, 0.15) is 23.0 Å². The number of hydrogen-bond donors (Lipinski definition) is 5. The molecule has 1 heterocycles. The van der Waals surface area contributed by atoms with Gasteiger partial charge < -0.3 is 40.6 Å². The molecule has 5 N–H and O–H groups in total. The summed E-state index contributed by atoms with van der Waals surface area (Å²) < 4.78 is 94.0. The summed E-state index contributed by atoms with van der Waals surface area (Å²) in [4.78, 5) is 33.1. The van der Waals surface area contributed by atoms with Gasteiger partial charge >= 0.3 is 24.4 Å². The number of hydrogen-bond acceptors (Lipinski definition) is 8. The number of halogens is 7. The predicted molar refractivity (Wildman–Crippen MR) is 223 cm³/mol. The maximum atomic E-state index is 13.1. The summed E-state index contributed by atoms with van der Waals surface area (Å²) >= 11 is 5.91. The van der Waals surface area contributed by atoms with Crippen molar-refractivity contribution in [3.63, 3.8) is 0 Å². The third-order valence-electron chi connectivity index (χ3n) is 8.85. The number of anilines is 4. The van der Waals surface area contributed by atoms with E-state index in [1.165, 1.54) is 26.4 Å². The van der Waals surface area contributed by atoms with Gasteiger partial charge in [-0.15, -0.1) is 0 Å². The number of aryl methyl sites for hydroxylation is 1. The van der Waals surface area contributed by atoms with E-state index >= 15 is 0 Å². The second-order valence-electron chi connectivity index (χ2n) is 13.0. The van der Waals surface area contributed by atoms with Crippen LogP contribution < -0.4 is 35.5 Å². The highest BCUT2D eigenvalue weighted by Gasteiger charge is 2.32. The summed E-state index contributed by atoms with van der Waals surface area (Å²) in [6.07, 6.45) is -9.12. The topological polar surface area (TPSA) is 156 Å². The highest BCUT2D eigenvalue weighted by atomic mass is 35.5. The predicted octanol–water partition coefficient (Wildman–Crippen LogP) is 12.3. The number of fused-ring (bicyclic) bond motifs is 2. The van der Waals surface area contributed by atoms with Crippen LogP contribution in [0.3, 0.4) is 0 Å². The number of aromatic nitrogens is 2. The molecule has 0 radical (unpaired) electrons. The second-order valence-corrected chi connectivity index (χ2v) is 13.4. The molecule has 0 atom stereocenters. The SMILES string of the molecule is COc1ccc(C(F)(F)F)cc1NC(=O)Nc1ccc(O)c2ccccc12.COc1ccc(C(F)(F)F)cc1NC(=O)Nc1ccc(Oc2cc(C)nc(Cl)n2)c2ccccc12. The van der Waals surface area contributed by atoms with E-state index in [1.807, 2.05) is 0 Å². The summed E-state index contributed by atoms with van der Waals surface area (Å²) in [5, 5.41) is 22.4. The Bertz CT molecular complexity index is 2770. The number of benzene rings is 6. The van der Waals surface area contributed by atoms with Gasteiger partial charge in [-0.2, -0.15) is 31.3 Å². The van der Waals surface area contributed by atoms with Crippen LogP contribution in [0.5, 0.6) is 28.9 Å². The second kappa shape index (κ2) is 18.4. The van der Waals surface area contributed by atoms with Gasteiger partial charge in [-0.3, -0.25) is 0 Å². The lowest BCUT2D eigenvalue weighted by molar-refractivity contribution is -0.138. The van der Waals surface area contributed by atoms with Crippen molar-refractivity contribution >= 4 is 68.0 Å². The van der Waals surface area contributed by atoms with E-state index in [0.717, 1.165) is 36.4 Å². The van der Waals surface area contributed by atoms with Crippen molar-refractivity contribution in [1.82, 2.24) is 9.97 Å². The van der Waals surface area contributed by atoms with Crippen LogP contribution >= 0.6 is 11.6 Å². The first kappa shape index (κ1) is 44.1. The van der Waals surface area contributed by atoms with Gasteiger partial charge in [0.15, 0.2) is 0 Å². The van der Waals surface area contributed by atoms with Crippen LogP contribution in [0.25, 0.3) is 21.5 Å². The van der Waals surface area contributed by atoms with E-state index in [9.17, 15) is 41.0 Å². The van der Waals surface area contributed by atoms with Crippen LogP contribution in [0.1, 0.15) is 16.8 Å². The van der Waals surface area contributed by atoms with E-state index in [2.05, 4.69) is 31.2 Å². The first-order valence-electron chi connectivity index (χ1n) is 18.0. The Labute approximate surface area is 353 Å². The Balaban J connectivity index is 0.000000214. The molecule has 0 aliphatic heterocycles. The molecule has 7 aromatic rings. The number of nitrogens with one attached hydrogen (secondary N) is 4. The zero-order valence-corrected chi connectivity index (χ0v) is 33.3. The number of phenols is 1. The zero-order valence-electron chi connectivity index (χ0n) is 32.5. The summed E-state index contributed by atoms with van der Waals surface area (Å²) in [5.74, 6) is 0.938. The molecule has 6 aromatic carbocycles. The van der Waals surface area contributed by atoms with Crippen LogP contribution in [-0.2, 0) is 12.4 Å². The highest BCUT2D eigenvalue weighted by molar-refractivity contribution is 6.28. The molecule has 19 heteroatoms. The largest absolute Gasteiger partial charge is 0.507 e. The lowest BCUT2D eigenvalue weighted by atomic mass is 10.1. The molecule has 0 aliphatic carbocycles. The number of methoxy groups -OCH3 is 2. The molecular formula is C43H33ClF6N6O6. The summed E-state index contributed by atoms with van der Waals surface area (Å²) in [7, 11) is 2.59. The van der Waals surface area contributed by atoms with Crippen LogP contribution in [0.2, 0.25) is 5.28 Å². The minimum atomic E-state index is -4.57. The molecule has 320 valence electrons. The zero-order chi connectivity index (χ0) is 44.8. The van der Waals surface area contributed by atoms with Crippen molar-refractivity contribution in [1.29, 1.82) is 0 Å². The van der Waals surface area contributed by atoms with Crippen molar-refractivity contribution in [3.05, 3.63) is 137 Å². The number of urea groups is 2. The van der Waals surface area contributed by atoms with Crippen LogP contribution in [0.4, 0.5) is 58.7 Å². The van der Waals surface area contributed by atoms with E-state index < -0.39 is 35.5 Å². The number of amides is 4. The number of alkyl halides is 6.